The number of amides is 1. The molecule has 144 valence electrons. The summed E-state index contributed by atoms with van der Waals surface area (Å²) < 4.78 is 0. The van der Waals surface area contributed by atoms with E-state index in [-0.39, 0.29) is 5.91 Å². The third-order valence-electron chi connectivity index (χ3n) is 5.72. The van der Waals surface area contributed by atoms with Crippen molar-refractivity contribution in [3.63, 3.8) is 0 Å². The second-order valence-electron chi connectivity index (χ2n) is 7.50. The quantitative estimate of drug-likeness (QED) is 0.710. The van der Waals surface area contributed by atoms with Crippen molar-refractivity contribution in [3.8, 4) is 11.1 Å². The van der Waals surface area contributed by atoms with Gasteiger partial charge in [-0.05, 0) is 53.6 Å². The Bertz CT molecular complexity index is 1090. The Morgan fingerprint density at radius 3 is 2.62 bits per heavy atom. The van der Waals surface area contributed by atoms with E-state index in [9.17, 15) is 4.79 Å². The van der Waals surface area contributed by atoms with E-state index in [4.69, 9.17) is 0 Å². The Morgan fingerprint density at radius 1 is 0.897 bits per heavy atom. The summed E-state index contributed by atoms with van der Waals surface area (Å²) in [5.41, 5.74) is 6.54. The highest BCUT2D eigenvalue weighted by molar-refractivity contribution is 6.13. The van der Waals surface area contributed by atoms with E-state index in [1.165, 1.54) is 17.5 Å². The predicted molar refractivity (Wildman–Crippen MR) is 117 cm³/mol. The molecular weight excluding hydrogens is 358 g/mol. The van der Waals surface area contributed by atoms with E-state index in [0.717, 1.165) is 29.7 Å². The summed E-state index contributed by atoms with van der Waals surface area (Å²) in [6, 6.07) is 24.2. The lowest BCUT2D eigenvalue weighted by Gasteiger charge is -2.22. The molecule has 1 heterocycles. The molecule has 0 aromatic heterocycles. The highest BCUT2D eigenvalue weighted by atomic mass is 16.2. The Kier molecular flexibility index (Phi) is 4.60. The predicted octanol–water partition coefficient (Wildman–Crippen LogP) is 4.77. The average Bonchev–Trinajstić information content (AvgIpc) is 3.44. The number of guanidine groups is 1. The number of hydrogen-bond acceptors (Lipinski definition) is 3. The minimum atomic E-state index is -0.0132. The molecule has 0 bridgehead atoms. The fraction of sp³-hybridized carbons (Fsp3) is 0.200. The number of carbonyl (C=O) groups excluding carboxylic acids is 1. The number of nitrogens with zero attached hydrogens (tertiary/aromatic N) is 2. The van der Waals surface area contributed by atoms with Crippen LogP contribution in [0.15, 0.2) is 77.8 Å². The Labute approximate surface area is 170 Å². The van der Waals surface area contributed by atoms with Gasteiger partial charge in [0.15, 0.2) is 0 Å². The molecule has 3 aromatic carbocycles. The summed E-state index contributed by atoms with van der Waals surface area (Å²) in [6.07, 6.45) is 3.40. The lowest BCUT2D eigenvalue weighted by Crippen LogP contribution is -2.38. The molecule has 2 aliphatic rings. The van der Waals surface area contributed by atoms with Crippen LogP contribution in [-0.4, -0.2) is 29.9 Å². The number of aliphatic imine (C=N–C) groups is 1. The van der Waals surface area contributed by atoms with E-state index in [0.29, 0.717) is 24.6 Å². The third kappa shape index (κ3) is 3.31. The van der Waals surface area contributed by atoms with Gasteiger partial charge in [-0.3, -0.25) is 14.7 Å². The van der Waals surface area contributed by atoms with Crippen LogP contribution in [0.25, 0.3) is 11.1 Å². The van der Waals surface area contributed by atoms with Crippen LogP contribution in [0.1, 0.15) is 27.9 Å². The maximum Gasteiger partial charge on any atom is 0.261 e. The molecule has 0 unspecified atom stereocenters. The molecule has 1 aliphatic carbocycles. The van der Waals surface area contributed by atoms with Crippen molar-refractivity contribution in [1.29, 1.82) is 0 Å². The molecule has 0 saturated carbocycles. The molecule has 5 rings (SSSR count). The van der Waals surface area contributed by atoms with Crippen LogP contribution < -0.4 is 5.32 Å². The highest BCUT2D eigenvalue weighted by Crippen LogP contribution is 2.30. The maximum atomic E-state index is 13.5. The molecule has 0 fully saturated rings. The Hall–Kier alpha value is -3.40. The van der Waals surface area contributed by atoms with Crippen LogP contribution in [-0.2, 0) is 12.8 Å². The smallest absolute Gasteiger partial charge is 0.261 e. The average molecular weight is 381 g/mol. The minimum absolute atomic E-state index is 0.0132. The largest absolute Gasteiger partial charge is 0.326 e. The molecule has 1 amide bonds. The summed E-state index contributed by atoms with van der Waals surface area (Å²) in [6.45, 7) is 1.22. The van der Waals surface area contributed by atoms with Gasteiger partial charge in [0, 0.05) is 17.8 Å². The molecule has 1 N–H and O–H groups in total. The summed E-state index contributed by atoms with van der Waals surface area (Å²) in [5.74, 6) is 0.638. The number of benzene rings is 3. The van der Waals surface area contributed by atoms with Crippen LogP contribution in [0.2, 0.25) is 0 Å². The van der Waals surface area contributed by atoms with E-state index in [1.807, 2.05) is 54.6 Å². The summed E-state index contributed by atoms with van der Waals surface area (Å²) in [7, 11) is 0. The fourth-order valence-electron chi connectivity index (χ4n) is 4.29. The molecular formula is C25H23N3O. The van der Waals surface area contributed by atoms with Gasteiger partial charge in [0.05, 0.1) is 6.54 Å². The number of anilines is 1. The molecule has 0 atom stereocenters. The van der Waals surface area contributed by atoms with Crippen molar-refractivity contribution in [3.05, 3.63) is 89.5 Å². The topological polar surface area (TPSA) is 44.7 Å². The molecule has 29 heavy (non-hydrogen) atoms. The molecule has 4 nitrogen and oxygen atoms in total. The van der Waals surface area contributed by atoms with Gasteiger partial charge in [-0.1, -0.05) is 60.7 Å². The van der Waals surface area contributed by atoms with Gasteiger partial charge in [-0.2, -0.15) is 0 Å². The Morgan fingerprint density at radius 2 is 1.72 bits per heavy atom. The first kappa shape index (κ1) is 17.7. The zero-order chi connectivity index (χ0) is 19.6. The number of rotatable bonds is 3. The number of carbonyl (C=O) groups is 1. The first-order valence-electron chi connectivity index (χ1n) is 10.2. The molecule has 3 aromatic rings. The van der Waals surface area contributed by atoms with Crippen LogP contribution in [0, 0.1) is 0 Å². The molecule has 0 radical (unpaired) electrons. The van der Waals surface area contributed by atoms with Gasteiger partial charge in [0.2, 0.25) is 5.96 Å². The maximum absolute atomic E-state index is 13.5. The first-order valence-corrected chi connectivity index (χ1v) is 10.2. The van der Waals surface area contributed by atoms with Crippen molar-refractivity contribution < 1.29 is 4.79 Å². The Balaban J connectivity index is 1.44. The molecule has 0 saturated heterocycles. The number of fused-ring (bicyclic) bond motifs is 1. The zero-order valence-electron chi connectivity index (χ0n) is 16.3. The van der Waals surface area contributed by atoms with Gasteiger partial charge in [0.1, 0.15) is 0 Å². The van der Waals surface area contributed by atoms with Crippen LogP contribution in [0.4, 0.5) is 5.69 Å². The molecule has 0 spiro atoms. The van der Waals surface area contributed by atoms with Crippen molar-refractivity contribution in [2.75, 3.05) is 18.4 Å². The second-order valence-corrected chi connectivity index (χ2v) is 7.50. The van der Waals surface area contributed by atoms with Crippen LogP contribution in [0.5, 0.6) is 0 Å². The SMILES string of the molecule is O=C(c1ccccc1-c1ccccc1)N1CCN=C1Nc1cccc2c1CCC2. The summed E-state index contributed by atoms with van der Waals surface area (Å²) >= 11 is 0. The number of aryl methyl sites for hydroxylation is 1. The first-order chi connectivity index (χ1) is 14.3. The number of hydrogen-bond donors (Lipinski definition) is 1. The second kappa shape index (κ2) is 7.55. The van der Waals surface area contributed by atoms with Gasteiger partial charge in [0.25, 0.3) is 5.91 Å². The van der Waals surface area contributed by atoms with E-state index in [1.54, 1.807) is 4.90 Å². The third-order valence-corrected chi connectivity index (χ3v) is 5.72. The van der Waals surface area contributed by atoms with Crippen LogP contribution in [0.3, 0.4) is 0 Å². The highest BCUT2D eigenvalue weighted by Gasteiger charge is 2.27. The lowest BCUT2D eigenvalue weighted by atomic mass is 9.99. The normalized spacial score (nSPS) is 15.2. The van der Waals surface area contributed by atoms with E-state index < -0.39 is 0 Å². The standard InChI is InChI=1S/C25H23N3O/c29-24(22-13-5-4-12-20(22)18-8-2-1-3-9-18)28-17-16-26-25(28)27-23-15-7-11-19-10-6-14-21(19)23/h1-5,7-9,11-13,15H,6,10,14,16-17H2,(H,26,27). The van der Waals surface area contributed by atoms with Crippen molar-refractivity contribution in [2.24, 2.45) is 4.99 Å². The van der Waals surface area contributed by atoms with Crippen LogP contribution >= 0.6 is 0 Å². The van der Waals surface area contributed by atoms with Crippen molar-refractivity contribution >= 4 is 17.6 Å². The van der Waals surface area contributed by atoms with Gasteiger partial charge in [-0.15, -0.1) is 0 Å². The van der Waals surface area contributed by atoms with Gasteiger partial charge < -0.3 is 5.32 Å². The summed E-state index contributed by atoms with van der Waals surface area (Å²) in [4.78, 5) is 19.9. The fourth-order valence-corrected chi connectivity index (χ4v) is 4.29. The van der Waals surface area contributed by atoms with E-state index >= 15 is 0 Å². The lowest BCUT2D eigenvalue weighted by molar-refractivity contribution is 0.0858. The van der Waals surface area contributed by atoms with Gasteiger partial charge in [-0.25, -0.2) is 0 Å². The van der Waals surface area contributed by atoms with Crippen molar-refractivity contribution in [2.45, 2.75) is 19.3 Å². The zero-order valence-corrected chi connectivity index (χ0v) is 16.3. The number of nitrogens with one attached hydrogen (secondary N) is 1. The summed E-state index contributed by atoms with van der Waals surface area (Å²) in [5, 5.41) is 3.46. The monoisotopic (exact) mass is 381 g/mol. The minimum Gasteiger partial charge on any atom is -0.326 e. The molecule has 4 heteroatoms. The van der Waals surface area contributed by atoms with Crippen molar-refractivity contribution in [1.82, 2.24) is 4.90 Å². The van der Waals surface area contributed by atoms with E-state index in [2.05, 4.69) is 28.5 Å². The molecule has 1 aliphatic heterocycles. The van der Waals surface area contributed by atoms with Gasteiger partial charge >= 0.3 is 0 Å².